The van der Waals surface area contributed by atoms with Crippen molar-refractivity contribution in [2.24, 2.45) is 5.73 Å². The van der Waals surface area contributed by atoms with E-state index in [1.807, 2.05) is 0 Å². The Hall–Kier alpha value is -3.00. The minimum atomic E-state index is -0.656. The first-order valence-corrected chi connectivity index (χ1v) is 8.72. The lowest BCUT2D eigenvalue weighted by Crippen LogP contribution is -2.49. The molecule has 0 aliphatic carbocycles. The lowest BCUT2D eigenvalue weighted by molar-refractivity contribution is -0.126. The zero-order valence-corrected chi connectivity index (χ0v) is 14.9. The largest absolute Gasteiger partial charge is 0.368 e. The molecule has 0 bridgehead atoms. The van der Waals surface area contributed by atoms with E-state index in [0.29, 0.717) is 18.7 Å². The van der Waals surface area contributed by atoms with Gasteiger partial charge in [-0.25, -0.2) is 4.39 Å². The molecule has 2 heterocycles. The molecule has 3 rings (SSSR count). The lowest BCUT2D eigenvalue weighted by atomic mass is 10.1. The first-order valence-electron chi connectivity index (χ1n) is 8.72. The van der Waals surface area contributed by atoms with Crippen molar-refractivity contribution < 1.29 is 14.0 Å². The fourth-order valence-electron chi connectivity index (χ4n) is 3.34. The van der Waals surface area contributed by atoms with E-state index < -0.39 is 29.7 Å². The van der Waals surface area contributed by atoms with Crippen molar-refractivity contribution in [1.29, 1.82) is 0 Å². The summed E-state index contributed by atoms with van der Waals surface area (Å²) in [6.45, 7) is 2.24. The Kier molecular flexibility index (Phi) is 5.36. The number of halogens is 1. The van der Waals surface area contributed by atoms with Crippen LogP contribution < -0.4 is 16.6 Å². The van der Waals surface area contributed by atoms with Crippen molar-refractivity contribution in [2.75, 3.05) is 11.9 Å². The summed E-state index contributed by atoms with van der Waals surface area (Å²) in [4.78, 5) is 37.6. The van der Waals surface area contributed by atoms with Crippen LogP contribution >= 0.6 is 0 Å². The van der Waals surface area contributed by atoms with Crippen LogP contribution in [0.4, 0.5) is 10.1 Å². The fraction of sp³-hybridized carbons (Fsp3) is 0.316. The molecule has 0 saturated carbocycles. The van der Waals surface area contributed by atoms with Crippen molar-refractivity contribution >= 4 is 17.5 Å². The van der Waals surface area contributed by atoms with Gasteiger partial charge in [-0.05, 0) is 44.5 Å². The van der Waals surface area contributed by atoms with Gasteiger partial charge in [0, 0.05) is 18.3 Å². The van der Waals surface area contributed by atoms with Gasteiger partial charge in [-0.1, -0.05) is 6.07 Å². The van der Waals surface area contributed by atoms with E-state index in [1.165, 1.54) is 29.0 Å². The number of rotatable bonds is 5. The van der Waals surface area contributed by atoms with Gasteiger partial charge >= 0.3 is 0 Å². The van der Waals surface area contributed by atoms with Crippen LogP contribution in [0.3, 0.4) is 0 Å². The van der Waals surface area contributed by atoms with Gasteiger partial charge in [-0.2, -0.15) is 0 Å². The van der Waals surface area contributed by atoms with Crippen molar-refractivity contribution in [1.82, 2.24) is 9.47 Å². The average Bonchev–Trinajstić information content (AvgIpc) is 3.13. The van der Waals surface area contributed by atoms with Crippen LogP contribution in [0.2, 0.25) is 0 Å². The molecular formula is C19H21FN4O3. The maximum Gasteiger partial charge on any atom is 0.255 e. The highest BCUT2D eigenvalue weighted by atomic mass is 19.1. The third kappa shape index (κ3) is 3.90. The molecule has 1 fully saturated rings. The summed E-state index contributed by atoms with van der Waals surface area (Å²) in [5.74, 6) is -1.54. The number of primary amides is 1. The van der Waals surface area contributed by atoms with E-state index in [0.717, 1.165) is 6.42 Å². The summed E-state index contributed by atoms with van der Waals surface area (Å²) in [7, 11) is 0. The zero-order valence-electron chi connectivity index (χ0n) is 14.9. The smallest absolute Gasteiger partial charge is 0.255 e. The van der Waals surface area contributed by atoms with Crippen LogP contribution in [0.25, 0.3) is 5.69 Å². The van der Waals surface area contributed by atoms with Crippen LogP contribution in [-0.2, 0) is 9.59 Å². The number of pyridine rings is 1. The number of nitrogens with two attached hydrogens (primary N) is 1. The van der Waals surface area contributed by atoms with Gasteiger partial charge in [0.15, 0.2) is 0 Å². The first kappa shape index (κ1) is 18.8. The molecule has 2 aromatic rings. The van der Waals surface area contributed by atoms with Crippen LogP contribution in [0.5, 0.6) is 0 Å². The molecule has 1 aromatic carbocycles. The molecule has 7 nitrogen and oxygen atoms in total. The number of nitrogens with zero attached hydrogens (tertiary/aromatic N) is 2. The summed E-state index contributed by atoms with van der Waals surface area (Å²) in [5, 5.41) is 2.54. The summed E-state index contributed by atoms with van der Waals surface area (Å²) < 4.78 is 15.8. The van der Waals surface area contributed by atoms with Crippen LogP contribution in [0.15, 0.2) is 47.4 Å². The number of amides is 2. The van der Waals surface area contributed by atoms with E-state index in [4.69, 9.17) is 5.73 Å². The number of hydrogen-bond acceptors (Lipinski definition) is 4. The molecule has 27 heavy (non-hydrogen) atoms. The Balaban J connectivity index is 1.76. The zero-order chi connectivity index (χ0) is 19.6. The number of nitrogens with one attached hydrogen (secondary N) is 1. The number of anilines is 1. The standard InChI is InChI=1S/C19H21FN4O3/c1-12(23-10-4-5-16(23)18(21)26)19(27)22-15-8-7-13(11-14(15)20)24-9-3-2-6-17(24)25/h2-3,6-9,11-12,16H,4-5,10H2,1H3,(H2,21,26)(H,22,27)/t12-,16?/m1/s1. The number of aromatic nitrogens is 1. The molecule has 3 N–H and O–H groups in total. The fourth-order valence-corrected chi connectivity index (χ4v) is 3.34. The topological polar surface area (TPSA) is 97.4 Å². The summed E-state index contributed by atoms with van der Waals surface area (Å²) in [6, 6.07) is 7.68. The number of carbonyl (C=O) groups is 2. The molecule has 142 valence electrons. The molecular weight excluding hydrogens is 351 g/mol. The summed E-state index contributed by atoms with van der Waals surface area (Å²) in [5.41, 5.74) is 5.47. The molecule has 0 radical (unpaired) electrons. The van der Waals surface area contributed by atoms with E-state index >= 15 is 0 Å². The van der Waals surface area contributed by atoms with Crippen molar-refractivity contribution in [2.45, 2.75) is 31.8 Å². The molecule has 0 spiro atoms. The van der Waals surface area contributed by atoms with E-state index in [-0.39, 0.29) is 11.2 Å². The second-order valence-corrected chi connectivity index (χ2v) is 6.54. The van der Waals surface area contributed by atoms with Crippen LogP contribution in [0, 0.1) is 5.82 Å². The predicted octanol–water partition coefficient (Wildman–Crippen LogP) is 1.25. The molecule has 2 atom stereocenters. The second-order valence-electron chi connectivity index (χ2n) is 6.54. The maximum atomic E-state index is 14.5. The highest BCUT2D eigenvalue weighted by molar-refractivity contribution is 5.95. The quantitative estimate of drug-likeness (QED) is 0.825. The molecule has 8 heteroatoms. The Bertz CT molecular complexity index is 927. The number of likely N-dealkylation sites (tertiary alicyclic amines) is 1. The van der Waals surface area contributed by atoms with Crippen molar-refractivity contribution in [3.05, 3.63) is 58.8 Å². The highest BCUT2D eigenvalue weighted by Gasteiger charge is 2.35. The maximum absolute atomic E-state index is 14.5. The van der Waals surface area contributed by atoms with Crippen molar-refractivity contribution in [3.8, 4) is 5.69 Å². The molecule has 1 aliphatic rings. The minimum Gasteiger partial charge on any atom is -0.368 e. The number of carbonyl (C=O) groups excluding carboxylic acids is 2. The van der Waals surface area contributed by atoms with Gasteiger partial charge < -0.3 is 11.1 Å². The van der Waals surface area contributed by atoms with E-state index in [2.05, 4.69) is 5.32 Å². The summed E-state index contributed by atoms with van der Waals surface area (Å²) in [6.07, 6.45) is 2.93. The second kappa shape index (κ2) is 7.71. The van der Waals surface area contributed by atoms with Gasteiger partial charge in [0.2, 0.25) is 11.8 Å². The Morgan fingerprint density at radius 3 is 2.74 bits per heavy atom. The molecule has 1 saturated heterocycles. The third-order valence-electron chi connectivity index (χ3n) is 4.81. The Morgan fingerprint density at radius 1 is 1.30 bits per heavy atom. The van der Waals surface area contributed by atoms with Crippen LogP contribution in [-0.4, -0.2) is 39.9 Å². The number of benzene rings is 1. The Morgan fingerprint density at radius 2 is 2.07 bits per heavy atom. The number of hydrogen-bond donors (Lipinski definition) is 2. The summed E-state index contributed by atoms with van der Waals surface area (Å²) >= 11 is 0. The monoisotopic (exact) mass is 372 g/mol. The lowest BCUT2D eigenvalue weighted by Gasteiger charge is -2.27. The highest BCUT2D eigenvalue weighted by Crippen LogP contribution is 2.22. The molecule has 1 aromatic heterocycles. The molecule has 1 aliphatic heterocycles. The van der Waals surface area contributed by atoms with Gasteiger partial charge in [0.05, 0.1) is 23.5 Å². The normalized spacial score (nSPS) is 18.2. The van der Waals surface area contributed by atoms with Gasteiger partial charge in [-0.15, -0.1) is 0 Å². The SMILES string of the molecule is C[C@H](C(=O)Nc1ccc(-n2ccccc2=O)cc1F)N1CCCC1C(N)=O. The Labute approximate surface area is 155 Å². The van der Waals surface area contributed by atoms with Gasteiger partial charge in [0.1, 0.15) is 5.82 Å². The van der Waals surface area contributed by atoms with Gasteiger partial charge in [-0.3, -0.25) is 23.9 Å². The van der Waals surface area contributed by atoms with Gasteiger partial charge in [0.25, 0.3) is 5.56 Å². The predicted molar refractivity (Wildman–Crippen MR) is 99.0 cm³/mol. The first-order chi connectivity index (χ1) is 12.9. The third-order valence-corrected chi connectivity index (χ3v) is 4.81. The average molecular weight is 372 g/mol. The molecule has 2 amide bonds. The van der Waals surface area contributed by atoms with Crippen molar-refractivity contribution in [3.63, 3.8) is 0 Å². The minimum absolute atomic E-state index is 0.00871. The van der Waals surface area contributed by atoms with E-state index in [9.17, 15) is 18.8 Å². The molecule has 1 unspecified atom stereocenters. The van der Waals surface area contributed by atoms with E-state index in [1.54, 1.807) is 30.0 Å². The van der Waals surface area contributed by atoms with Crippen LogP contribution in [0.1, 0.15) is 19.8 Å².